The highest BCUT2D eigenvalue weighted by atomic mass is 19.4. The molecule has 3 nitrogen and oxygen atoms in total. The summed E-state index contributed by atoms with van der Waals surface area (Å²) in [5.74, 6) is 5.26. The zero-order valence-electron chi connectivity index (χ0n) is 15.7. The molecule has 0 unspecified atom stereocenters. The summed E-state index contributed by atoms with van der Waals surface area (Å²) in [4.78, 5) is 6.34. The van der Waals surface area contributed by atoms with Crippen molar-refractivity contribution in [3.05, 3.63) is 42.2 Å². The molecule has 0 bridgehead atoms. The molecule has 1 fully saturated rings. The van der Waals surface area contributed by atoms with Crippen LogP contribution in [0.2, 0.25) is 0 Å². The van der Waals surface area contributed by atoms with Gasteiger partial charge in [0.15, 0.2) is 0 Å². The molecule has 1 aromatic heterocycles. The fourth-order valence-corrected chi connectivity index (χ4v) is 2.91. The highest BCUT2D eigenvalue weighted by Gasteiger charge is 2.35. The van der Waals surface area contributed by atoms with E-state index in [9.17, 15) is 13.2 Å². The Kier molecular flexibility index (Phi) is 6.86. The van der Waals surface area contributed by atoms with Crippen molar-refractivity contribution >= 4 is 22.0 Å². The van der Waals surface area contributed by atoms with Crippen molar-refractivity contribution in [2.75, 3.05) is 25.9 Å². The second kappa shape index (κ2) is 8.92. The molecule has 27 heavy (non-hydrogen) atoms. The van der Waals surface area contributed by atoms with Crippen molar-refractivity contribution in [1.29, 1.82) is 0 Å². The van der Waals surface area contributed by atoms with Crippen molar-refractivity contribution in [2.24, 2.45) is 0 Å². The number of allylic oxidation sites excluding steroid dienone is 1. The zero-order valence-corrected chi connectivity index (χ0v) is 15.7. The Morgan fingerprint density at radius 2 is 1.85 bits per heavy atom. The van der Waals surface area contributed by atoms with Gasteiger partial charge in [-0.2, -0.15) is 13.2 Å². The minimum Gasteiger partial charge on any atom is -0.398 e. The number of halogens is 3. The van der Waals surface area contributed by atoms with E-state index in [1.54, 1.807) is 25.1 Å². The molecule has 1 aliphatic rings. The van der Waals surface area contributed by atoms with Gasteiger partial charge in [0.25, 0.3) is 0 Å². The summed E-state index contributed by atoms with van der Waals surface area (Å²) in [6.07, 6.45) is -0.278. The predicted octanol–water partition coefficient (Wildman–Crippen LogP) is 4.87. The first kappa shape index (κ1) is 20.8. The summed E-state index contributed by atoms with van der Waals surface area (Å²) in [5, 5.41) is 0.801. The van der Waals surface area contributed by atoms with E-state index in [4.69, 9.17) is 5.73 Å². The normalized spacial score (nSPS) is 14.7. The van der Waals surface area contributed by atoms with Gasteiger partial charge in [-0.05, 0) is 58.0 Å². The van der Waals surface area contributed by atoms with Crippen LogP contribution >= 0.6 is 0 Å². The summed E-state index contributed by atoms with van der Waals surface area (Å²) in [6.45, 7) is 7.32. The van der Waals surface area contributed by atoms with E-state index in [0.717, 1.165) is 0 Å². The van der Waals surface area contributed by atoms with E-state index in [0.29, 0.717) is 16.5 Å². The van der Waals surface area contributed by atoms with Gasteiger partial charge >= 0.3 is 6.18 Å². The summed E-state index contributed by atoms with van der Waals surface area (Å²) >= 11 is 0. The van der Waals surface area contributed by atoms with Crippen molar-refractivity contribution in [1.82, 2.24) is 9.88 Å². The third-order valence-electron chi connectivity index (χ3n) is 4.37. The topological polar surface area (TPSA) is 42.1 Å². The third-order valence-corrected chi connectivity index (χ3v) is 4.37. The van der Waals surface area contributed by atoms with Crippen LogP contribution in [0.5, 0.6) is 0 Å². The lowest BCUT2D eigenvalue weighted by Gasteiger charge is -2.20. The Morgan fingerprint density at radius 1 is 1.19 bits per heavy atom. The molecule has 144 valence electrons. The van der Waals surface area contributed by atoms with Gasteiger partial charge in [0.1, 0.15) is 5.69 Å². The maximum Gasteiger partial charge on any atom is 0.417 e. The Balaban J connectivity index is 0.000000313. The van der Waals surface area contributed by atoms with E-state index in [1.165, 1.54) is 38.4 Å². The molecule has 2 aromatic rings. The first-order valence-corrected chi connectivity index (χ1v) is 8.81. The average molecular weight is 375 g/mol. The molecular formula is C21H24F3N3. The molecule has 2 N–H and O–H groups in total. The SMILES string of the molecule is C=C(c1nc(C#CC)cc2c(N)cccc12)C(F)(F)F.CN1CCCCC1. The van der Waals surface area contributed by atoms with E-state index in [-0.39, 0.29) is 11.4 Å². The van der Waals surface area contributed by atoms with Crippen LogP contribution < -0.4 is 5.73 Å². The van der Waals surface area contributed by atoms with Crippen LogP contribution in [0, 0.1) is 11.8 Å². The smallest absolute Gasteiger partial charge is 0.398 e. The minimum atomic E-state index is -4.55. The van der Waals surface area contributed by atoms with Crippen LogP contribution in [-0.2, 0) is 0 Å². The van der Waals surface area contributed by atoms with E-state index in [2.05, 4.69) is 35.4 Å². The van der Waals surface area contributed by atoms with Crippen molar-refractivity contribution in [3.8, 4) is 11.8 Å². The number of aromatic nitrogens is 1. The number of nitrogens with two attached hydrogens (primary N) is 1. The second-order valence-electron chi connectivity index (χ2n) is 6.51. The number of anilines is 1. The Labute approximate surface area is 158 Å². The van der Waals surface area contributed by atoms with E-state index < -0.39 is 11.7 Å². The summed E-state index contributed by atoms with van der Waals surface area (Å²) in [5.41, 5.74) is 5.18. The van der Waals surface area contributed by atoms with Crippen LogP contribution in [0.4, 0.5) is 18.9 Å². The zero-order chi connectivity index (χ0) is 20.0. The lowest BCUT2D eigenvalue weighted by atomic mass is 10.0. The molecule has 0 spiro atoms. The van der Waals surface area contributed by atoms with Crippen molar-refractivity contribution in [3.63, 3.8) is 0 Å². The van der Waals surface area contributed by atoms with Gasteiger partial charge < -0.3 is 10.6 Å². The van der Waals surface area contributed by atoms with Crippen LogP contribution in [0.15, 0.2) is 30.8 Å². The van der Waals surface area contributed by atoms with Gasteiger partial charge in [0.05, 0.1) is 11.3 Å². The van der Waals surface area contributed by atoms with Crippen LogP contribution in [-0.4, -0.2) is 36.2 Å². The lowest BCUT2D eigenvalue weighted by molar-refractivity contribution is -0.0688. The number of nitrogens with zero attached hydrogens (tertiary/aromatic N) is 2. The summed E-state index contributed by atoms with van der Waals surface area (Å²) in [6, 6.07) is 6.31. The van der Waals surface area contributed by atoms with Crippen LogP contribution in [0.25, 0.3) is 16.3 Å². The maximum atomic E-state index is 12.9. The minimum absolute atomic E-state index is 0.235. The van der Waals surface area contributed by atoms with Gasteiger partial charge in [-0.3, -0.25) is 0 Å². The van der Waals surface area contributed by atoms with Crippen molar-refractivity contribution < 1.29 is 13.2 Å². The molecule has 1 saturated heterocycles. The van der Waals surface area contributed by atoms with E-state index >= 15 is 0 Å². The highest BCUT2D eigenvalue weighted by Crippen LogP contribution is 2.36. The number of piperidine rings is 1. The number of likely N-dealkylation sites (tertiary alicyclic amines) is 1. The predicted molar refractivity (Wildman–Crippen MR) is 105 cm³/mol. The first-order chi connectivity index (χ1) is 12.7. The van der Waals surface area contributed by atoms with Gasteiger partial charge in [-0.15, -0.1) is 0 Å². The summed E-state index contributed by atoms with van der Waals surface area (Å²) in [7, 11) is 2.19. The molecule has 0 amide bonds. The quantitative estimate of drug-likeness (QED) is 0.571. The monoisotopic (exact) mass is 375 g/mol. The van der Waals surface area contributed by atoms with Gasteiger partial charge in [-0.25, -0.2) is 4.98 Å². The Hall–Kier alpha value is -2.52. The molecule has 0 saturated carbocycles. The van der Waals surface area contributed by atoms with Gasteiger partial charge in [0, 0.05) is 16.5 Å². The molecular weight excluding hydrogens is 351 g/mol. The summed E-state index contributed by atoms with van der Waals surface area (Å²) < 4.78 is 38.6. The van der Waals surface area contributed by atoms with Crippen LogP contribution in [0.3, 0.4) is 0 Å². The Bertz CT molecular complexity index is 870. The van der Waals surface area contributed by atoms with Gasteiger partial charge in [0.2, 0.25) is 0 Å². The number of alkyl halides is 3. The molecule has 0 radical (unpaired) electrons. The number of pyridine rings is 1. The molecule has 0 atom stereocenters. The average Bonchev–Trinajstić information content (AvgIpc) is 2.62. The third kappa shape index (κ3) is 5.48. The number of fused-ring (bicyclic) bond motifs is 1. The fraction of sp³-hybridized carbons (Fsp3) is 0.381. The second-order valence-corrected chi connectivity index (χ2v) is 6.51. The molecule has 1 aromatic carbocycles. The number of hydrogen-bond donors (Lipinski definition) is 1. The lowest BCUT2D eigenvalue weighted by Crippen LogP contribution is -2.24. The van der Waals surface area contributed by atoms with Gasteiger partial charge in [-0.1, -0.05) is 31.1 Å². The Morgan fingerprint density at radius 3 is 2.37 bits per heavy atom. The number of rotatable bonds is 1. The van der Waals surface area contributed by atoms with Crippen molar-refractivity contribution in [2.45, 2.75) is 32.4 Å². The number of hydrogen-bond acceptors (Lipinski definition) is 3. The molecule has 0 aliphatic carbocycles. The number of benzene rings is 1. The molecule has 6 heteroatoms. The first-order valence-electron chi connectivity index (χ1n) is 8.81. The largest absolute Gasteiger partial charge is 0.417 e. The van der Waals surface area contributed by atoms with E-state index in [1.807, 2.05) is 0 Å². The standard InChI is InChI=1S/C15H11F3N2.C6H13N/c1-3-5-10-8-12-11(6-4-7-13(12)19)14(20-10)9(2)15(16,17)18;1-7-5-3-2-4-6-7/h4,6-8H,2,19H2,1H3;2-6H2,1H3. The molecule has 3 rings (SSSR count). The molecule has 1 aliphatic heterocycles. The fourth-order valence-electron chi connectivity index (χ4n) is 2.91. The number of nitrogen functional groups attached to an aromatic ring is 1. The highest BCUT2D eigenvalue weighted by molar-refractivity contribution is 5.99. The molecule has 2 heterocycles. The van der Waals surface area contributed by atoms with Crippen LogP contribution in [0.1, 0.15) is 37.6 Å². The maximum absolute atomic E-state index is 12.9.